The van der Waals surface area contributed by atoms with Crippen LogP contribution in [-0.4, -0.2) is 42.1 Å². The van der Waals surface area contributed by atoms with E-state index in [0.717, 1.165) is 18.6 Å². The number of carbonyl (C=O) groups is 2. The van der Waals surface area contributed by atoms with E-state index in [1.807, 2.05) is 20.8 Å². The third-order valence-electron chi connectivity index (χ3n) is 5.01. The number of ether oxygens (including phenoxy) is 2. The minimum absolute atomic E-state index is 0.123. The van der Waals surface area contributed by atoms with Crippen LogP contribution in [-0.2, 0) is 19.1 Å². The molecule has 1 N–H and O–H groups in total. The smallest absolute Gasteiger partial charge is 0.407 e. The number of esters is 1. The quantitative estimate of drug-likeness (QED) is 0.727. The van der Waals surface area contributed by atoms with Gasteiger partial charge >= 0.3 is 12.1 Å². The molecule has 26 heavy (non-hydrogen) atoms. The Morgan fingerprint density at radius 2 is 1.92 bits per heavy atom. The number of oxime groups is 1. The fourth-order valence-corrected chi connectivity index (χ4v) is 3.87. The number of amides is 1. The van der Waals surface area contributed by atoms with Crippen LogP contribution >= 0.6 is 0 Å². The molecular formula is C19H32N2O5. The molecular weight excluding hydrogens is 336 g/mol. The first-order valence-corrected chi connectivity index (χ1v) is 9.61. The fraction of sp³-hybridized carbons (Fsp3) is 0.842. The lowest BCUT2D eigenvalue weighted by Crippen LogP contribution is -2.45. The summed E-state index contributed by atoms with van der Waals surface area (Å²) in [7, 11) is 0. The molecule has 1 heterocycles. The van der Waals surface area contributed by atoms with Crippen molar-refractivity contribution in [2.75, 3.05) is 6.61 Å². The Kier molecular flexibility index (Phi) is 6.53. The highest BCUT2D eigenvalue weighted by atomic mass is 16.6. The first-order chi connectivity index (χ1) is 12.2. The molecule has 4 atom stereocenters. The van der Waals surface area contributed by atoms with Gasteiger partial charge in [-0.15, -0.1) is 0 Å². The summed E-state index contributed by atoms with van der Waals surface area (Å²) in [4.78, 5) is 30.3. The van der Waals surface area contributed by atoms with Crippen molar-refractivity contribution in [1.82, 2.24) is 5.32 Å². The molecule has 0 aromatic rings. The van der Waals surface area contributed by atoms with Crippen LogP contribution in [0.4, 0.5) is 4.79 Å². The summed E-state index contributed by atoms with van der Waals surface area (Å²) in [5.41, 5.74) is 0.356. The monoisotopic (exact) mass is 368 g/mol. The van der Waals surface area contributed by atoms with Gasteiger partial charge in [-0.2, -0.15) is 0 Å². The van der Waals surface area contributed by atoms with Crippen molar-refractivity contribution >= 4 is 17.8 Å². The number of alkyl carbamates (subject to hydrolysis) is 1. The standard InChI is InChI=1S/C19H32N2O5/c1-7-11(8-2)15-14-13(20-18(23)25-19(4,5)6)10-12(16(14)26-21-15)17(22)24-9-3/h11-14,16H,7-10H2,1-6H3,(H,20,23)/t12-,13+,14?,16+/m0/s1. The van der Waals surface area contributed by atoms with Crippen molar-refractivity contribution < 1.29 is 23.9 Å². The van der Waals surface area contributed by atoms with Crippen LogP contribution in [0.25, 0.3) is 0 Å². The predicted molar refractivity (Wildman–Crippen MR) is 97.8 cm³/mol. The minimum atomic E-state index is -0.582. The normalized spacial score (nSPS) is 27.6. The number of carbonyl (C=O) groups excluding carboxylic acids is 2. The lowest BCUT2D eigenvalue weighted by atomic mass is 9.84. The second kappa shape index (κ2) is 8.27. The number of nitrogens with one attached hydrogen (secondary N) is 1. The van der Waals surface area contributed by atoms with Crippen molar-refractivity contribution in [2.45, 2.75) is 78.6 Å². The molecule has 2 rings (SSSR count). The second-order valence-corrected chi connectivity index (χ2v) is 7.97. The molecule has 0 aromatic carbocycles. The van der Waals surface area contributed by atoms with Crippen LogP contribution in [0.1, 0.15) is 60.8 Å². The zero-order valence-corrected chi connectivity index (χ0v) is 16.7. The maximum atomic E-state index is 12.4. The van der Waals surface area contributed by atoms with E-state index in [4.69, 9.17) is 14.3 Å². The van der Waals surface area contributed by atoms with E-state index >= 15 is 0 Å². The second-order valence-electron chi connectivity index (χ2n) is 7.97. The third kappa shape index (κ3) is 4.48. The number of rotatable bonds is 6. The van der Waals surface area contributed by atoms with Crippen molar-refractivity contribution in [3.63, 3.8) is 0 Å². The molecule has 1 aliphatic heterocycles. The van der Waals surface area contributed by atoms with Crippen LogP contribution in [0, 0.1) is 17.8 Å². The largest absolute Gasteiger partial charge is 0.466 e. The highest BCUT2D eigenvalue weighted by molar-refractivity contribution is 5.93. The molecule has 148 valence electrons. The van der Waals surface area contributed by atoms with E-state index < -0.39 is 17.6 Å². The van der Waals surface area contributed by atoms with Crippen molar-refractivity contribution in [3.8, 4) is 0 Å². The Morgan fingerprint density at radius 3 is 2.46 bits per heavy atom. The van der Waals surface area contributed by atoms with E-state index in [0.29, 0.717) is 13.0 Å². The Labute approximate surface area is 155 Å². The molecule has 2 aliphatic rings. The Balaban J connectivity index is 2.20. The first kappa shape index (κ1) is 20.5. The average molecular weight is 368 g/mol. The van der Waals surface area contributed by atoms with E-state index in [-0.39, 0.29) is 30.0 Å². The van der Waals surface area contributed by atoms with Gasteiger partial charge in [-0.3, -0.25) is 4.79 Å². The SMILES string of the molecule is CCOC(=O)[C@H]1C[C@@H](NC(=O)OC(C)(C)C)C2C(C(CC)CC)=NO[C@@H]21. The van der Waals surface area contributed by atoms with Gasteiger partial charge < -0.3 is 19.6 Å². The van der Waals surface area contributed by atoms with Crippen LogP contribution in [0.5, 0.6) is 0 Å². The summed E-state index contributed by atoms with van der Waals surface area (Å²) in [6.45, 7) is 11.8. The van der Waals surface area contributed by atoms with E-state index in [1.165, 1.54) is 0 Å². The lowest BCUT2D eigenvalue weighted by Gasteiger charge is -2.25. The first-order valence-electron chi connectivity index (χ1n) is 9.61. The van der Waals surface area contributed by atoms with Gasteiger partial charge in [0, 0.05) is 12.0 Å². The van der Waals surface area contributed by atoms with Crippen molar-refractivity contribution in [2.24, 2.45) is 22.9 Å². The molecule has 1 fully saturated rings. The van der Waals surface area contributed by atoms with E-state index in [1.54, 1.807) is 6.92 Å². The Morgan fingerprint density at radius 1 is 1.27 bits per heavy atom. The highest BCUT2D eigenvalue weighted by Crippen LogP contribution is 2.42. The molecule has 1 aliphatic carbocycles. The van der Waals surface area contributed by atoms with Crippen LogP contribution in [0.15, 0.2) is 5.16 Å². The van der Waals surface area contributed by atoms with Gasteiger partial charge in [-0.1, -0.05) is 19.0 Å². The minimum Gasteiger partial charge on any atom is -0.466 e. The predicted octanol–water partition coefficient (Wildman–Crippen LogP) is 3.27. The number of hydrogen-bond donors (Lipinski definition) is 1. The van der Waals surface area contributed by atoms with Crippen LogP contribution < -0.4 is 5.32 Å². The van der Waals surface area contributed by atoms with Gasteiger partial charge in [-0.25, -0.2) is 4.79 Å². The van der Waals surface area contributed by atoms with Gasteiger partial charge in [0.25, 0.3) is 0 Å². The summed E-state index contributed by atoms with van der Waals surface area (Å²) in [6, 6.07) is -0.258. The molecule has 0 spiro atoms. The summed E-state index contributed by atoms with van der Waals surface area (Å²) in [5, 5.41) is 7.24. The average Bonchev–Trinajstić information content (AvgIpc) is 3.09. The van der Waals surface area contributed by atoms with Crippen LogP contribution in [0.2, 0.25) is 0 Å². The van der Waals surface area contributed by atoms with Gasteiger partial charge in [0.1, 0.15) is 5.60 Å². The van der Waals surface area contributed by atoms with E-state index in [2.05, 4.69) is 24.3 Å². The molecule has 1 unspecified atom stereocenters. The van der Waals surface area contributed by atoms with Crippen molar-refractivity contribution in [3.05, 3.63) is 0 Å². The van der Waals surface area contributed by atoms with Gasteiger partial charge in [0.05, 0.1) is 24.2 Å². The Bertz CT molecular complexity index is 551. The van der Waals surface area contributed by atoms with Gasteiger partial charge in [0.15, 0.2) is 6.10 Å². The highest BCUT2D eigenvalue weighted by Gasteiger charge is 2.55. The van der Waals surface area contributed by atoms with Crippen LogP contribution in [0.3, 0.4) is 0 Å². The molecule has 1 amide bonds. The lowest BCUT2D eigenvalue weighted by molar-refractivity contribution is -0.152. The summed E-state index contributed by atoms with van der Waals surface area (Å²) >= 11 is 0. The van der Waals surface area contributed by atoms with Gasteiger partial charge in [-0.05, 0) is 47.0 Å². The number of hydrogen-bond acceptors (Lipinski definition) is 6. The van der Waals surface area contributed by atoms with Gasteiger partial charge in [0.2, 0.25) is 0 Å². The molecule has 1 saturated carbocycles. The summed E-state index contributed by atoms with van der Waals surface area (Å²) < 4.78 is 10.6. The fourth-order valence-electron chi connectivity index (χ4n) is 3.87. The maximum Gasteiger partial charge on any atom is 0.407 e. The van der Waals surface area contributed by atoms with E-state index in [9.17, 15) is 9.59 Å². The maximum absolute atomic E-state index is 12.4. The molecule has 7 nitrogen and oxygen atoms in total. The third-order valence-corrected chi connectivity index (χ3v) is 5.01. The summed E-state index contributed by atoms with van der Waals surface area (Å²) in [5.74, 6) is -0.580. The molecule has 0 aromatic heterocycles. The summed E-state index contributed by atoms with van der Waals surface area (Å²) in [6.07, 6.45) is 1.47. The molecule has 7 heteroatoms. The topological polar surface area (TPSA) is 86.2 Å². The molecule has 0 bridgehead atoms. The molecule has 0 saturated heterocycles. The molecule has 0 radical (unpaired) electrons. The number of nitrogens with zero attached hydrogens (tertiary/aromatic N) is 1. The number of fused-ring (bicyclic) bond motifs is 1. The zero-order chi connectivity index (χ0) is 19.5. The zero-order valence-electron chi connectivity index (χ0n) is 16.7. The van der Waals surface area contributed by atoms with Crippen molar-refractivity contribution in [1.29, 1.82) is 0 Å². The Hall–Kier alpha value is -1.79.